The highest BCUT2D eigenvalue weighted by Crippen LogP contribution is 2.42. The first kappa shape index (κ1) is 16.4. The second-order valence-corrected chi connectivity index (χ2v) is 7.19. The molecule has 1 aromatic carbocycles. The molecule has 0 saturated heterocycles. The summed E-state index contributed by atoms with van der Waals surface area (Å²) < 4.78 is 27.0. The molecule has 0 nitrogen and oxygen atoms in total. The van der Waals surface area contributed by atoms with Crippen molar-refractivity contribution in [2.24, 2.45) is 17.8 Å². The minimum atomic E-state index is -0.503. The molecule has 2 heteroatoms. The van der Waals surface area contributed by atoms with Gasteiger partial charge in [0.2, 0.25) is 0 Å². The third-order valence-electron chi connectivity index (χ3n) is 5.79. The van der Waals surface area contributed by atoms with Gasteiger partial charge in [-0.3, -0.25) is 0 Å². The number of benzene rings is 1. The number of hydrogen-bond acceptors (Lipinski definition) is 0. The monoisotopic (exact) mass is 316 g/mol. The molecule has 1 atom stereocenters. The summed E-state index contributed by atoms with van der Waals surface area (Å²) in [6.07, 6.45) is 13.8. The molecule has 0 spiro atoms. The fraction of sp³-hybridized carbons (Fsp3) is 0.524. The van der Waals surface area contributed by atoms with Gasteiger partial charge in [0.05, 0.1) is 0 Å². The maximum absolute atomic E-state index is 13.9. The Morgan fingerprint density at radius 1 is 1.04 bits per heavy atom. The molecule has 1 saturated carbocycles. The van der Waals surface area contributed by atoms with Crippen LogP contribution in [0.1, 0.15) is 56.9 Å². The Bertz CT molecular complexity index is 580. The number of allylic oxidation sites excluding steroid dienone is 3. The van der Waals surface area contributed by atoms with E-state index in [1.54, 1.807) is 6.07 Å². The van der Waals surface area contributed by atoms with E-state index in [-0.39, 0.29) is 0 Å². The summed E-state index contributed by atoms with van der Waals surface area (Å²) in [5.74, 6) is 1.47. The van der Waals surface area contributed by atoms with Crippen LogP contribution in [-0.4, -0.2) is 0 Å². The molecule has 1 unspecified atom stereocenters. The van der Waals surface area contributed by atoms with Gasteiger partial charge in [-0.1, -0.05) is 12.2 Å². The van der Waals surface area contributed by atoms with Crippen molar-refractivity contribution in [3.63, 3.8) is 0 Å². The normalized spacial score (nSPS) is 28.3. The zero-order valence-corrected chi connectivity index (χ0v) is 13.7. The van der Waals surface area contributed by atoms with Crippen LogP contribution >= 0.6 is 0 Å². The van der Waals surface area contributed by atoms with Crippen LogP contribution in [0.15, 0.2) is 36.9 Å². The van der Waals surface area contributed by atoms with Gasteiger partial charge in [-0.15, -0.1) is 6.58 Å². The van der Waals surface area contributed by atoms with Gasteiger partial charge in [0.25, 0.3) is 0 Å². The highest BCUT2D eigenvalue weighted by molar-refractivity contribution is 5.66. The zero-order valence-electron chi connectivity index (χ0n) is 13.7. The lowest BCUT2D eigenvalue weighted by Crippen LogP contribution is -2.23. The molecule has 0 aromatic heterocycles. The van der Waals surface area contributed by atoms with Crippen molar-refractivity contribution in [3.8, 4) is 0 Å². The summed E-state index contributed by atoms with van der Waals surface area (Å²) >= 11 is 0. The molecule has 23 heavy (non-hydrogen) atoms. The van der Waals surface area contributed by atoms with Crippen molar-refractivity contribution in [2.75, 3.05) is 0 Å². The first-order valence-electron chi connectivity index (χ1n) is 8.92. The van der Waals surface area contributed by atoms with Gasteiger partial charge in [-0.2, -0.15) is 0 Å². The maximum Gasteiger partial charge on any atom is 0.133 e. The molecule has 3 rings (SSSR count). The summed E-state index contributed by atoms with van der Waals surface area (Å²) in [6, 6.07) is 3.92. The maximum atomic E-state index is 13.9. The Morgan fingerprint density at radius 3 is 2.43 bits per heavy atom. The average molecular weight is 316 g/mol. The van der Waals surface area contributed by atoms with Crippen LogP contribution in [-0.2, 0) is 0 Å². The Balaban J connectivity index is 1.59. The summed E-state index contributed by atoms with van der Waals surface area (Å²) in [5.41, 5.74) is 1.64. The minimum absolute atomic E-state index is 0.431. The van der Waals surface area contributed by atoms with Crippen LogP contribution in [0.3, 0.4) is 0 Å². The van der Waals surface area contributed by atoms with Crippen LogP contribution in [0.25, 0.3) is 5.57 Å². The van der Waals surface area contributed by atoms with Gasteiger partial charge in [-0.05, 0) is 86.8 Å². The van der Waals surface area contributed by atoms with E-state index in [0.29, 0.717) is 5.56 Å². The van der Waals surface area contributed by atoms with E-state index in [1.165, 1.54) is 31.7 Å². The van der Waals surface area contributed by atoms with E-state index in [1.807, 2.05) is 0 Å². The largest absolute Gasteiger partial charge is 0.207 e. The molecular weight excluding hydrogens is 290 g/mol. The van der Waals surface area contributed by atoms with E-state index >= 15 is 0 Å². The Labute approximate surface area is 138 Å². The van der Waals surface area contributed by atoms with Crippen LogP contribution < -0.4 is 0 Å². The van der Waals surface area contributed by atoms with E-state index in [0.717, 1.165) is 55.1 Å². The molecule has 2 aliphatic carbocycles. The van der Waals surface area contributed by atoms with Crippen molar-refractivity contribution >= 4 is 5.57 Å². The molecule has 1 fully saturated rings. The summed E-state index contributed by atoms with van der Waals surface area (Å²) in [7, 11) is 0. The molecule has 0 N–H and O–H groups in total. The first-order chi connectivity index (χ1) is 11.2. The highest BCUT2D eigenvalue weighted by atomic mass is 19.1. The molecule has 0 heterocycles. The predicted octanol–water partition coefficient (Wildman–Crippen LogP) is 6.53. The van der Waals surface area contributed by atoms with Gasteiger partial charge in [-0.25, -0.2) is 8.78 Å². The molecule has 124 valence electrons. The zero-order chi connectivity index (χ0) is 16.2. The Morgan fingerprint density at radius 2 is 1.83 bits per heavy atom. The highest BCUT2D eigenvalue weighted by Gasteiger charge is 2.28. The lowest BCUT2D eigenvalue weighted by molar-refractivity contribution is 0.195. The van der Waals surface area contributed by atoms with Crippen LogP contribution in [0.2, 0.25) is 0 Å². The predicted molar refractivity (Wildman–Crippen MR) is 91.9 cm³/mol. The standard InChI is InChI=1S/C21H26F2/c1-2-3-15-4-6-16(7-5-15)17-8-10-18(11-9-17)20-13-12-19(22)14-21(20)23/h2,10,12-17H,1,3-9,11H2. The third-order valence-corrected chi connectivity index (χ3v) is 5.79. The summed E-state index contributed by atoms with van der Waals surface area (Å²) in [4.78, 5) is 0. The second-order valence-electron chi connectivity index (χ2n) is 7.19. The van der Waals surface area contributed by atoms with Crippen molar-refractivity contribution in [2.45, 2.75) is 51.4 Å². The van der Waals surface area contributed by atoms with Crippen LogP contribution in [0.5, 0.6) is 0 Å². The number of rotatable bonds is 4. The van der Waals surface area contributed by atoms with Crippen molar-refractivity contribution in [1.82, 2.24) is 0 Å². The smallest absolute Gasteiger partial charge is 0.133 e. The molecule has 0 amide bonds. The quantitative estimate of drug-likeness (QED) is 0.554. The van der Waals surface area contributed by atoms with Gasteiger partial charge in [0.15, 0.2) is 0 Å². The molecule has 2 aliphatic rings. The van der Waals surface area contributed by atoms with E-state index in [9.17, 15) is 8.78 Å². The van der Waals surface area contributed by atoms with Crippen LogP contribution in [0, 0.1) is 29.4 Å². The van der Waals surface area contributed by atoms with Crippen molar-refractivity contribution < 1.29 is 8.78 Å². The number of halogens is 2. The fourth-order valence-corrected chi connectivity index (χ4v) is 4.41. The topological polar surface area (TPSA) is 0 Å². The molecule has 1 aromatic rings. The van der Waals surface area contributed by atoms with E-state index < -0.39 is 11.6 Å². The molecule has 0 radical (unpaired) electrons. The summed E-state index contributed by atoms with van der Waals surface area (Å²) in [5, 5.41) is 0. The lowest BCUT2D eigenvalue weighted by Gasteiger charge is -2.35. The first-order valence-corrected chi connectivity index (χ1v) is 8.92. The third kappa shape index (κ3) is 3.91. The van der Waals surface area contributed by atoms with Gasteiger partial charge >= 0.3 is 0 Å². The molecular formula is C21H26F2. The van der Waals surface area contributed by atoms with Crippen LogP contribution in [0.4, 0.5) is 8.78 Å². The van der Waals surface area contributed by atoms with Crippen molar-refractivity contribution in [3.05, 3.63) is 54.1 Å². The van der Waals surface area contributed by atoms with Crippen molar-refractivity contribution in [1.29, 1.82) is 0 Å². The van der Waals surface area contributed by atoms with E-state index in [4.69, 9.17) is 0 Å². The molecule has 0 aliphatic heterocycles. The lowest BCUT2D eigenvalue weighted by atomic mass is 9.70. The SMILES string of the molecule is C=CCC1CCC(C2CC=C(c3ccc(F)cc3F)CC2)CC1. The second kappa shape index (κ2) is 7.42. The van der Waals surface area contributed by atoms with Gasteiger partial charge in [0, 0.05) is 11.6 Å². The summed E-state index contributed by atoms with van der Waals surface area (Å²) in [6.45, 7) is 3.85. The minimum Gasteiger partial charge on any atom is -0.207 e. The van der Waals surface area contributed by atoms with E-state index in [2.05, 4.69) is 18.7 Å². The number of hydrogen-bond donors (Lipinski definition) is 0. The Kier molecular flexibility index (Phi) is 5.30. The average Bonchev–Trinajstić information content (AvgIpc) is 2.56. The fourth-order valence-electron chi connectivity index (χ4n) is 4.41. The molecule has 0 bridgehead atoms. The van der Waals surface area contributed by atoms with Gasteiger partial charge in [0.1, 0.15) is 11.6 Å². The Hall–Kier alpha value is -1.44. The van der Waals surface area contributed by atoms with Gasteiger partial charge < -0.3 is 0 Å².